The number of aromatic nitrogens is 1. The summed E-state index contributed by atoms with van der Waals surface area (Å²) >= 11 is 0. The van der Waals surface area contributed by atoms with E-state index in [4.69, 9.17) is 14.2 Å². The van der Waals surface area contributed by atoms with Gasteiger partial charge < -0.3 is 18.8 Å². The molecule has 0 spiro atoms. The van der Waals surface area contributed by atoms with Crippen molar-refractivity contribution in [2.24, 2.45) is 0 Å². The molecular formula is C28H36N2O3. The lowest BCUT2D eigenvalue weighted by atomic mass is 9.86. The summed E-state index contributed by atoms with van der Waals surface area (Å²) < 4.78 is 19.3. The Bertz CT molecular complexity index is 1050. The Hall–Kier alpha value is -2.92. The molecule has 1 atom stereocenters. The zero-order valence-electron chi connectivity index (χ0n) is 20.7. The summed E-state index contributed by atoms with van der Waals surface area (Å²) in [5.41, 5.74) is 5.25. The van der Waals surface area contributed by atoms with Crippen LogP contribution in [0.25, 0.3) is 0 Å². The maximum absolute atomic E-state index is 5.68. The lowest BCUT2D eigenvalue weighted by Gasteiger charge is -2.31. The molecular weight excluding hydrogens is 412 g/mol. The summed E-state index contributed by atoms with van der Waals surface area (Å²) in [4.78, 5) is 2.56. The van der Waals surface area contributed by atoms with Gasteiger partial charge in [0.2, 0.25) is 5.75 Å². The lowest BCUT2D eigenvalue weighted by Crippen LogP contribution is -2.29. The molecule has 2 heterocycles. The van der Waals surface area contributed by atoms with Gasteiger partial charge in [-0.1, -0.05) is 45.0 Å². The topological polar surface area (TPSA) is 35.9 Å². The van der Waals surface area contributed by atoms with Crippen molar-refractivity contribution in [2.75, 3.05) is 27.9 Å². The van der Waals surface area contributed by atoms with Crippen molar-refractivity contribution in [2.45, 2.75) is 51.7 Å². The van der Waals surface area contributed by atoms with Crippen molar-refractivity contribution < 1.29 is 14.2 Å². The van der Waals surface area contributed by atoms with Crippen LogP contribution >= 0.6 is 0 Å². The molecule has 0 N–H and O–H groups in total. The maximum atomic E-state index is 5.68. The molecule has 0 bridgehead atoms. The van der Waals surface area contributed by atoms with Crippen LogP contribution in [-0.4, -0.2) is 37.3 Å². The third-order valence-electron chi connectivity index (χ3n) is 6.56. The van der Waals surface area contributed by atoms with Crippen molar-refractivity contribution in [3.05, 3.63) is 77.1 Å². The SMILES string of the molecule is COc1cc([C@@H]2c3cccn3CCCN2Cc2ccc(C(C)(C)C)cc2)cc(OC)c1OC. The van der Waals surface area contributed by atoms with Gasteiger partial charge in [0, 0.05) is 31.5 Å². The van der Waals surface area contributed by atoms with E-state index in [2.05, 4.69) is 85.0 Å². The van der Waals surface area contributed by atoms with Gasteiger partial charge in [0.05, 0.1) is 27.4 Å². The van der Waals surface area contributed by atoms with Crippen LogP contribution in [0.1, 0.15) is 55.6 Å². The second-order valence-electron chi connectivity index (χ2n) is 9.76. The van der Waals surface area contributed by atoms with Crippen LogP contribution in [0.15, 0.2) is 54.7 Å². The quantitative estimate of drug-likeness (QED) is 0.477. The molecule has 0 saturated carbocycles. The molecule has 3 aromatic rings. The number of hydrogen-bond donors (Lipinski definition) is 0. The number of fused-ring (bicyclic) bond motifs is 1. The van der Waals surface area contributed by atoms with Gasteiger partial charge in [0.15, 0.2) is 11.5 Å². The van der Waals surface area contributed by atoms with Crippen molar-refractivity contribution >= 4 is 0 Å². The normalized spacial score (nSPS) is 16.7. The van der Waals surface area contributed by atoms with Gasteiger partial charge in [-0.2, -0.15) is 0 Å². The second-order valence-corrected chi connectivity index (χ2v) is 9.76. The van der Waals surface area contributed by atoms with Crippen molar-refractivity contribution in [1.29, 1.82) is 0 Å². The number of hydrogen-bond acceptors (Lipinski definition) is 4. The Labute approximate surface area is 197 Å². The van der Waals surface area contributed by atoms with Crippen molar-refractivity contribution in [3.63, 3.8) is 0 Å². The summed E-state index contributed by atoms with van der Waals surface area (Å²) in [6.45, 7) is 9.66. The molecule has 0 aliphatic carbocycles. The Kier molecular flexibility index (Phi) is 6.71. The minimum absolute atomic E-state index is 0.0819. The fraction of sp³-hybridized carbons (Fsp3) is 0.429. The minimum Gasteiger partial charge on any atom is -0.493 e. The highest BCUT2D eigenvalue weighted by atomic mass is 16.5. The van der Waals surface area contributed by atoms with Gasteiger partial charge in [0.25, 0.3) is 0 Å². The highest BCUT2D eigenvalue weighted by Crippen LogP contribution is 2.43. The molecule has 1 aromatic heterocycles. The third-order valence-corrected chi connectivity index (χ3v) is 6.56. The van der Waals surface area contributed by atoms with Crippen LogP contribution in [0.4, 0.5) is 0 Å². The molecule has 1 aliphatic rings. The second kappa shape index (κ2) is 9.52. The predicted octanol–water partition coefficient (Wildman–Crippen LogP) is 5.81. The highest BCUT2D eigenvalue weighted by Gasteiger charge is 2.29. The fourth-order valence-corrected chi connectivity index (χ4v) is 4.80. The Morgan fingerprint density at radius 3 is 2.12 bits per heavy atom. The van der Waals surface area contributed by atoms with Gasteiger partial charge in [-0.3, -0.25) is 4.90 Å². The summed E-state index contributed by atoms with van der Waals surface area (Å²) in [5, 5.41) is 0. The Morgan fingerprint density at radius 1 is 0.879 bits per heavy atom. The molecule has 176 valence electrons. The zero-order valence-corrected chi connectivity index (χ0v) is 20.7. The fourth-order valence-electron chi connectivity index (χ4n) is 4.80. The van der Waals surface area contributed by atoms with Gasteiger partial charge in [0.1, 0.15) is 0 Å². The van der Waals surface area contributed by atoms with E-state index in [-0.39, 0.29) is 11.5 Å². The van der Waals surface area contributed by atoms with Crippen molar-refractivity contribution in [3.8, 4) is 17.2 Å². The zero-order chi connectivity index (χ0) is 23.6. The summed E-state index contributed by atoms with van der Waals surface area (Å²) in [6.07, 6.45) is 3.28. The first-order chi connectivity index (χ1) is 15.9. The smallest absolute Gasteiger partial charge is 0.203 e. The summed E-state index contributed by atoms with van der Waals surface area (Å²) in [7, 11) is 4.99. The van der Waals surface area contributed by atoms with E-state index in [0.29, 0.717) is 17.2 Å². The first kappa shape index (κ1) is 23.2. The van der Waals surface area contributed by atoms with Crippen LogP contribution in [0.2, 0.25) is 0 Å². The third kappa shape index (κ3) is 4.74. The van der Waals surface area contributed by atoms with Crippen LogP contribution in [-0.2, 0) is 18.5 Å². The number of nitrogens with zero attached hydrogens (tertiary/aromatic N) is 2. The molecule has 2 aromatic carbocycles. The molecule has 0 unspecified atom stereocenters. The van der Waals surface area contributed by atoms with E-state index in [0.717, 1.165) is 31.6 Å². The van der Waals surface area contributed by atoms with Crippen LogP contribution in [0.5, 0.6) is 17.2 Å². The number of ether oxygens (including phenoxy) is 3. The molecule has 1 aliphatic heterocycles. The number of benzene rings is 2. The van der Waals surface area contributed by atoms with E-state index >= 15 is 0 Å². The Balaban J connectivity index is 1.76. The highest BCUT2D eigenvalue weighted by molar-refractivity contribution is 5.55. The van der Waals surface area contributed by atoms with Crippen LogP contribution in [0, 0.1) is 0 Å². The molecule has 0 radical (unpaired) electrons. The van der Waals surface area contributed by atoms with Crippen molar-refractivity contribution in [1.82, 2.24) is 9.47 Å². The number of rotatable bonds is 6. The van der Waals surface area contributed by atoms with E-state index < -0.39 is 0 Å². The minimum atomic E-state index is 0.0819. The van der Waals surface area contributed by atoms with Crippen LogP contribution in [0.3, 0.4) is 0 Å². The molecule has 5 nitrogen and oxygen atoms in total. The molecule has 4 rings (SSSR count). The molecule has 5 heteroatoms. The maximum Gasteiger partial charge on any atom is 0.203 e. The van der Waals surface area contributed by atoms with E-state index in [1.165, 1.54) is 16.8 Å². The Morgan fingerprint density at radius 2 is 1.55 bits per heavy atom. The average molecular weight is 449 g/mol. The van der Waals surface area contributed by atoms with Gasteiger partial charge in [-0.25, -0.2) is 0 Å². The molecule has 0 fully saturated rings. The standard InChI is InChI=1S/C28H36N2O3/c1-28(2,3)22-12-10-20(11-13-22)19-30-16-8-15-29-14-7-9-23(29)26(30)21-17-24(31-4)27(33-6)25(18-21)32-5/h7,9-14,17-18,26H,8,15-16,19H2,1-6H3/t26-/m1/s1. The molecule has 0 amide bonds. The van der Waals surface area contributed by atoms with E-state index in [1.54, 1.807) is 21.3 Å². The lowest BCUT2D eigenvalue weighted by molar-refractivity contribution is 0.219. The number of aryl methyl sites for hydroxylation is 1. The molecule has 33 heavy (non-hydrogen) atoms. The van der Waals surface area contributed by atoms with Crippen LogP contribution < -0.4 is 14.2 Å². The van der Waals surface area contributed by atoms with E-state index in [1.807, 2.05) is 0 Å². The van der Waals surface area contributed by atoms with Gasteiger partial charge >= 0.3 is 0 Å². The average Bonchev–Trinajstić information content (AvgIpc) is 3.19. The summed E-state index contributed by atoms with van der Waals surface area (Å²) in [6, 6.07) is 17.7. The predicted molar refractivity (Wildman–Crippen MR) is 133 cm³/mol. The number of methoxy groups -OCH3 is 3. The van der Waals surface area contributed by atoms with E-state index in [9.17, 15) is 0 Å². The molecule has 0 saturated heterocycles. The first-order valence-corrected chi connectivity index (χ1v) is 11.6. The van der Waals surface area contributed by atoms with Gasteiger partial charge in [-0.05, 0) is 52.8 Å². The van der Waals surface area contributed by atoms with Gasteiger partial charge in [-0.15, -0.1) is 0 Å². The first-order valence-electron chi connectivity index (χ1n) is 11.6. The largest absolute Gasteiger partial charge is 0.493 e. The monoisotopic (exact) mass is 448 g/mol. The summed E-state index contributed by atoms with van der Waals surface area (Å²) in [5.74, 6) is 1.99.